The van der Waals surface area contributed by atoms with Crippen molar-refractivity contribution >= 4 is 18.1 Å². The van der Waals surface area contributed by atoms with Crippen LogP contribution in [0.25, 0.3) is 33.6 Å². The average Bonchev–Trinajstić information content (AvgIpc) is 4.00. The molecule has 5 heterocycles. The van der Waals surface area contributed by atoms with Crippen LogP contribution in [0, 0.1) is 5.92 Å². The molecule has 3 aliphatic heterocycles. The Morgan fingerprint density at radius 3 is 1.96 bits per heavy atom. The van der Waals surface area contributed by atoms with Crippen LogP contribution in [0.15, 0.2) is 60.9 Å². The summed E-state index contributed by atoms with van der Waals surface area (Å²) in [6, 6.07) is 15.5. The number of methoxy groups -OCH3 is 1. The predicted molar refractivity (Wildman–Crippen MR) is 203 cm³/mol. The Labute approximate surface area is 316 Å². The van der Waals surface area contributed by atoms with Crippen LogP contribution in [0.5, 0.6) is 0 Å². The lowest BCUT2D eigenvalue weighted by atomic mass is 9.96. The Bertz CT molecular complexity index is 1960. The Kier molecular flexibility index (Phi) is 10.3. The summed E-state index contributed by atoms with van der Waals surface area (Å²) in [4.78, 5) is 58.7. The van der Waals surface area contributed by atoms with Crippen molar-refractivity contribution in [3.63, 3.8) is 0 Å². The molecule has 0 radical (unpaired) electrons. The molecule has 3 fully saturated rings. The van der Waals surface area contributed by atoms with Gasteiger partial charge in [-0.1, -0.05) is 62.4 Å². The van der Waals surface area contributed by atoms with Gasteiger partial charge in [0.15, 0.2) is 0 Å². The van der Waals surface area contributed by atoms with E-state index in [9.17, 15) is 14.4 Å². The Morgan fingerprint density at radius 2 is 1.44 bits per heavy atom. The largest absolute Gasteiger partial charge is 0.453 e. The summed E-state index contributed by atoms with van der Waals surface area (Å²) in [7, 11) is 1.29. The highest BCUT2D eigenvalue weighted by atomic mass is 16.6. The second kappa shape index (κ2) is 14.9. The van der Waals surface area contributed by atoms with Crippen molar-refractivity contribution in [3.8, 4) is 33.6 Å². The quantitative estimate of drug-likeness (QED) is 0.169. The minimum atomic E-state index is -0.681. The molecule has 13 nitrogen and oxygen atoms in total. The number of amides is 3. The lowest BCUT2D eigenvalue weighted by Crippen LogP contribution is -2.51. The second-order valence-corrected chi connectivity index (χ2v) is 16.0. The Morgan fingerprint density at radius 1 is 0.870 bits per heavy atom. The number of benzene rings is 2. The van der Waals surface area contributed by atoms with Gasteiger partial charge in [0.05, 0.1) is 55.1 Å². The van der Waals surface area contributed by atoms with Crippen LogP contribution < -0.4 is 5.32 Å². The SMILES string of the molecule is COC(=O)N[C@H](C(=O)N1CCC[C@H]1c1ncc(-c2ccc(-c3ccc(-c4cnc([C@@H]5C[C@@]6(CCCO6)CN5C(=O)OC(C)(C)C)[nH]4)cc3)cc2)[nH]1)C(C)C. The maximum Gasteiger partial charge on any atom is 0.411 e. The van der Waals surface area contributed by atoms with Crippen LogP contribution in [0.1, 0.15) is 90.5 Å². The van der Waals surface area contributed by atoms with Gasteiger partial charge in [-0.05, 0) is 74.6 Å². The molecule has 1 spiro atoms. The molecule has 7 rings (SSSR count). The second-order valence-electron chi connectivity index (χ2n) is 16.0. The molecule has 2 aromatic heterocycles. The van der Waals surface area contributed by atoms with Gasteiger partial charge >= 0.3 is 12.2 Å². The summed E-state index contributed by atoms with van der Waals surface area (Å²) in [5.41, 5.74) is 4.91. The number of rotatable bonds is 8. The number of aromatic nitrogens is 4. The number of H-pyrrole nitrogens is 2. The maximum atomic E-state index is 13.5. The summed E-state index contributed by atoms with van der Waals surface area (Å²) < 4.78 is 16.7. The third kappa shape index (κ3) is 7.73. The van der Waals surface area contributed by atoms with Crippen molar-refractivity contribution in [2.45, 2.75) is 96.1 Å². The van der Waals surface area contributed by atoms with Gasteiger partial charge in [0.25, 0.3) is 0 Å². The highest BCUT2D eigenvalue weighted by molar-refractivity contribution is 5.86. The van der Waals surface area contributed by atoms with Gasteiger partial charge in [0.2, 0.25) is 5.91 Å². The fourth-order valence-corrected chi connectivity index (χ4v) is 7.93. The topological polar surface area (TPSA) is 155 Å². The number of likely N-dealkylation sites (tertiary alicyclic amines) is 2. The number of ether oxygens (including phenoxy) is 3. The number of hydrogen-bond acceptors (Lipinski definition) is 8. The maximum absolute atomic E-state index is 13.5. The van der Waals surface area contributed by atoms with E-state index in [1.54, 1.807) is 4.90 Å². The van der Waals surface area contributed by atoms with E-state index < -0.39 is 17.7 Å². The molecule has 13 heteroatoms. The lowest BCUT2D eigenvalue weighted by molar-refractivity contribution is -0.135. The van der Waals surface area contributed by atoms with Gasteiger partial charge in [-0.25, -0.2) is 19.6 Å². The van der Waals surface area contributed by atoms with E-state index in [0.717, 1.165) is 71.0 Å². The number of nitrogens with zero attached hydrogens (tertiary/aromatic N) is 4. The van der Waals surface area contributed by atoms with Gasteiger partial charge in [0.1, 0.15) is 23.3 Å². The van der Waals surface area contributed by atoms with E-state index in [0.29, 0.717) is 26.1 Å². The molecule has 54 heavy (non-hydrogen) atoms. The highest BCUT2D eigenvalue weighted by Gasteiger charge is 2.51. The van der Waals surface area contributed by atoms with E-state index >= 15 is 0 Å². The number of carbonyl (C=O) groups excluding carboxylic acids is 3. The molecule has 3 N–H and O–H groups in total. The van der Waals surface area contributed by atoms with Crippen molar-refractivity contribution in [2.24, 2.45) is 5.92 Å². The number of carbonyl (C=O) groups is 3. The van der Waals surface area contributed by atoms with E-state index in [4.69, 9.17) is 19.2 Å². The first kappa shape index (κ1) is 37.2. The van der Waals surface area contributed by atoms with Crippen molar-refractivity contribution in [3.05, 3.63) is 72.6 Å². The van der Waals surface area contributed by atoms with Crippen LogP contribution in [0.4, 0.5) is 9.59 Å². The smallest absolute Gasteiger partial charge is 0.411 e. The zero-order valence-electron chi connectivity index (χ0n) is 32.0. The summed E-state index contributed by atoms with van der Waals surface area (Å²) in [6.07, 6.45) is 6.90. The standard InChI is InChI=1S/C41H51N7O6/c1-25(2)34(46-38(50)52-6)37(49)47-19-7-9-32(47)35-42-22-30(44-35)28-14-10-26(11-15-28)27-12-16-29(17-13-27)31-23-43-36(45-31)33-21-41(18-8-20-53-41)24-48(33)39(51)54-40(3,4)5/h10-17,22-23,25,32-34H,7-9,18-21,24H2,1-6H3,(H,42,44)(H,43,45)(H,46,50)/t32-,33-,34-,41-/m0/s1. The van der Waals surface area contributed by atoms with Crippen molar-refractivity contribution < 1.29 is 28.6 Å². The van der Waals surface area contributed by atoms with Crippen molar-refractivity contribution in [2.75, 3.05) is 26.8 Å². The molecule has 4 aromatic rings. The molecule has 0 saturated carbocycles. The molecule has 2 aromatic carbocycles. The first-order valence-electron chi connectivity index (χ1n) is 18.9. The molecule has 286 valence electrons. The van der Waals surface area contributed by atoms with Gasteiger partial charge in [-0.15, -0.1) is 0 Å². The van der Waals surface area contributed by atoms with Gasteiger partial charge in [0, 0.05) is 19.6 Å². The third-order valence-electron chi connectivity index (χ3n) is 10.7. The van der Waals surface area contributed by atoms with Gasteiger partial charge < -0.3 is 34.4 Å². The van der Waals surface area contributed by atoms with Gasteiger partial charge in [-0.3, -0.25) is 9.69 Å². The molecule has 0 bridgehead atoms. The average molecular weight is 738 g/mol. The number of hydrogen-bond donors (Lipinski definition) is 3. The number of aromatic amines is 2. The van der Waals surface area contributed by atoms with Crippen LogP contribution in [-0.4, -0.2) is 91.9 Å². The minimum absolute atomic E-state index is 0.0986. The van der Waals surface area contributed by atoms with E-state index in [1.165, 1.54) is 7.11 Å². The zero-order valence-corrected chi connectivity index (χ0v) is 32.0. The fraction of sp³-hybridized carbons (Fsp3) is 0.488. The summed E-state index contributed by atoms with van der Waals surface area (Å²) >= 11 is 0. The number of nitrogens with one attached hydrogen (secondary N) is 3. The zero-order chi connectivity index (χ0) is 38.2. The fourth-order valence-electron chi connectivity index (χ4n) is 7.93. The number of imidazole rings is 2. The Hall–Kier alpha value is -5.17. The lowest BCUT2D eigenvalue weighted by Gasteiger charge is -2.30. The van der Waals surface area contributed by atoms with Crippen LogP contribution >= 0.6 is 0 Å². The monoisotopic (exact) mass is 737 g/mol. The van der Waals surface area contributed by atoms with Crippen molar-refractivity contribution in [1.29, 1.82) is 0 Å². The molecule has 4 atom stereocenters. The molecule has 0 aliphatic carbocycles. The first-order chi connectivity index (χ1) is 25.8. The molecular formula is C41H51N7O6. The first-order valence-corrected chi connectivity index (χ1v) is 18.9. The molecule has 3 saturated heterocycles. The van der Waals surface area contributed by atoms with E-state index in [1.807, 2.05) is 51.9 Å². The van der Waals surface area contributed by atoms with Crippen LogP contribution in [0.3, 0.4) is 0 Å². The minimum Gasteiger partial charge on any atom is -0.453 e. The van der Waals surface area contributed by atoms with Crippen LogP contribution in [-0.2, 0) is 19.0 Å². The van der Waals surface area contributed by atoms with E-state index in [-0.39, 0.29) is 35.6 Å². The highest BCUT2D eigenvalue weighted by Crippen LogP contribution is 2.45. The molecule has 3 aliphatic rings. The molecule has 3 amide bonds. The normalized spacial score (nSPS) is 21.9. The number of alkyl carbamates (subject to hydrolysis) is 1. The predicted octanol–water partition coefficient (Wildman–Crippen LogP) is 7.41. The van der Waals surface area contributed by atoms with Crippen molar-refractivity contribution in [1.82, 2.24) is 35.1 Å². The summed E-state index contributed by atoms with van der Waals surface area (Å²) in [5, 5.41) is 2.70. The van der Waals surface area contributed by atoms with Crippen LogP contribution in [0.2, 0.25) is 0 Å². The molecule has 0 unspecified atom stereocenters. The summed E-state index contributed by atoms with van der Waals surface area (Å²) in [5.74, 6) is 1.23. The third-order valence-corrected chi connectivity index (χ3v) is 10.7. The Balaban J connectivity index is 1.02. The summed E-state index contributed by atoms with van der Waals surface area (Å²) in [6.45, 7) is 11.3. The van der Waals surface area contributed by atoms with Gasteiger partial charge in [-0.2, -0.15) is 0 Å². The van der Waals surface area contributed by atoms with E-state index in [2.05, 4.69) is 68.8 Å². The molecular weight excluding hydrogens is 686 g/mol.